The van der Waals surface area contributed by atoms with Gasteiger partial charge in [0.15, 0.2) is 5.82 Å². The third-order valence-corrected chi connectivity index (χ3v) is 3.58. The summed E-state index contributed by atoms with van der Waals surface area (Å²) in [6.07, 6.45) is 2.97. The van der Waals surface area contributed by atoms with Crippen molar-refractivity contribution in [1.82, 2.24) is 19.7 Å². The molecule has 0 aliphatic rings. The van der Waals surface area contributed by atoms with Crippen LogP contribution < -0.4 is 5.32 Å². The van der Waals surface area contributed by atoms with Crippen LogP contribution in [0.15, 0.2) is 23.7 Å². The summed E-state index contributed by atoms with van der Waals surface area (Å²) < 4.78 is 1.81. The van der Waals surface area contributed by atoms with Crippen molar-refractivity contribution in [2.45, 2.75) is 20.3 Å². The van der Waals surface area contributed by atoms with Crippen molar-refractivity contribution in [1.29, 1.82) is 0 Å². The molecule has 19 heavy (non-hydrogen) atoms. The fourth-order valence-electron chi connectivity index (χ4n) is 1.86. The third-order valence-electron chi connectivity index (χ3n) is 2.78. The van der Waals surface area contributed by atoms with E-state index in [0.717, 1.165) is 34.7 Å². The molecule has 6 heteroatoms. The van der Waals surface area contributed by atoms with Crippen LogP contribution in [0, 0.1) is 6.92 Å². The molecule has 0 radical (unpaired) electrons. The molecule has 3 heterocycles. The molecule has 0 aromatic carbocycles. The Morgan fingerprint density at radius 2 is 2.21 bits per heavy atom. The number of hydrogen-bond donors (Lipinski definition) is 1. The number of fused-ring (bicyclic) bond motifs is 1. The average Bonchev–Trinajstić information content (AvgIpc) is 3.03. The molecule has 0 fully saturated rings. The number of hydrogen-bond acceptors (Lipinski definition) is 5. The summed E-state index contributed by atoms with van der Waals surface area (Å²) in [6.45, 7) is 4.96. The molecule has 0 aliphatic heterocycles. The second-order valence-corrected chi connectivity index (χ2v) is 5.23. The Labute approximate surface area is 115 Å². The van der Waals surface area contributed by atoms with Gasteiger partial charge in [0.1, 0.15) is 4.83 Å². The normalized spacial score (nSPS) is 11.1. The molecule has 0 spiro atoms. The summed E-state index contributed by atoms with van der Waals surface area (Å²) in [6, 6.07) is 4.01. The van der Waals surface area contributed by atoms with E-state index in [4.69, 9.17) is 0 Å². The number of nitrogens with zero attached hydrogens (tertiary/aromatic N) is 4. The molecule has 0 atom stereocenters. The minimum absolute atomic E-state index is 0.667. The summed E-state index contributed by atoms with van der Waals surface area (Å²) in [4.78, 5) is 10.1. The lowest BCUT2D eigenvalue weighted by molar-refractivity contribution is 0.835. The van der Waals surface area contributed by atoms with Crippen molar-refractivity contribution in [3.8, 4) is 5.82 Å². The summed E-state index contributed by atoms with van der Waals surface area (Å²) in [5, 5.41) is 10.7. The number of aromatic nitrogens is 4. The van der Waals surface area contributed by atoms with Crippen molar-refractivity contribution in [3.63, 3.8) is 0 Å². The standard InChI is InChI=1S/C13H15N5S/c1-3-6-14-13-15-11(18-7-4-9(2)17-18)10-5-8-19-12(10)16-13/h4-5,7-8H,3,6H2,1-2H3,(H,14,15,16). The molecule has 0 aliphatic carbocycles. The van der Waals surface area contributed by atoms with Gasteiger partial charge in [-0.2, -0.15) is 10.1 Å². The summed E-state index contributed by atoms with van der Waals surface area (Å²) in [5.74, 6) is 1.50. The zero-order valence-electron chi connectivity index (χ0n) is 10.9. The molecule has 5 nitrogen and oxygen atoms in total. The van der Waals surface area contributed by atoms with Crippen LogP contribution in [0.25, 0.3) is 16.0 Å². The largest absolute Gasteiger partial charge is 0.354 e. The number of thiophene rings is 1. The maximum Gasteiger partial charge on any atom is 0.226 e. The zero-order chi connectivity index (χ0) is 13.2. The highest BCUT2D eigenvalue weighted by molar-refractivity contribution is 7.16. The fourth-order valence-corrected chi connectivity index (χ4v) is 2.62. The first-order valence-corrected chi connectivity index (χ1v) is 7.17. The van der Waals surface area contributed by atoms with Crippen LogP contribution in [0.3, 0.4) is 0 Å². The van der Waals surface area contributed by atoms with Crippen molar-refractivity contribution in [2.24, 2.45) is 0 Å². The number of aryl methyl sites for hydroxylation is 1. The fraction of sp³-hybridized carbons (Fsp3) is 0.308. The Kier molecular flexibility index (Phi) is 3.16. The molecule has 3 aromatic heterocycles. The Bertz CT molecular complexity index is 700. The lowest BCUT2D eigenvalue weighted by Gasteiger charge is -2.07. The van der Waals surface area contributed by atoms with E-state index in [1.54, 1.807) is 11.3 Å². The smallest absolute Gasteiger partial charge is 0.226 e. The van der Waals surface area contributed by atoms with E-state index >= 15 is 0 Å². The molecule has 0 saturated carbocycles. The molecule has 0 unspecified atom stereocenters. The Hall–Kier alpha value is -1.95. The molecular formula is C13H15N5S. The maximum atomic E-state index is 4.58. The summed E-state index contributed by atoms with van der Waals surface area (Å²) >= 11 is 1.62. The molecular weight excluding hydrogens is 258 g/mol. The van der Waals surface area contributed by atoms with E-state index in [2.05, 4.69) is 27.3 Å². The van der Waals surface area contributed by atoms with E-state index < -0.39 is 0 Å². The van der Waals surface area contributed by atoms with Gasteiger partial charge >= 0.3 is 0 Å². The van der Waals surface area contributed by atoms with Crippen molar-refractivity contribution < 1.29 is 0 Å². The van der Waals surface area contributed by atoms with Gasteiger partial charge in [-0.3, -0.25) is 0 Å². The molecule has 0 amide bonds. The summed E-state index contributed by atoms with van der Waals surface area (Å²) in [7, 11) is 0. The van der Waals surface area contributed by atoms with E-state index in [1.165, 1.54) is 0 Å². The van der Waals surface area contributed by atoms with E-state index in [1.807, 2.05) is 35.3 Å². The van der Waals surface area contributed by atoms with Gasteiger partial charge in [0.05, 0.1) is 11.1 Å². The third kappa shape index (κ3) is 2.31. The van der Waals surface area contributed by atoms with Gasteiger partial charge in [0, 0.05) is 12.7 Å². The van der Waals surface area contributed by atoms with Gasteiger partial charge in [0.25, 0.3) is 0 Å². The average molecular weight is 273 g/mol. The van der Waals surface area contributed by atoms with Crippen molar-refractivity contribution >= 4 is 27.5 Å². The highest BCUT2D eigenvalue weighted by Gasteiger charge is 2.11. The second kappa shape index (κ2) is 4.97. The molecule has 3 rings (SSSR count). The van der Waals surface area contributed by atoms with Gasteiger partial charge < -0.3 is 5.32 Å². The highest BCUT2D eigenvalue weighted by atomic mass is 32.1. The second-order valence-electron chi connectivity index (χ2n) is 4.34. The first kappa shape index (κ1) is 12.1. The lowest BCUT2D eigenvalue weighted by atomic mass is 10.4. The van der Waals surface area contributed by atoms with Crippen LogP contribution >= 0.6 is 11.3 Å². The van der Waals surface area contributed by atoms with Gasteiger partial charge in [-0.25, -0.2) is 9.67 Å². The predicted octanol–water partition coefficient (Wildman–Crippen LogP) is 3.01. The van der Waals surface area contributed by atoms with Gasteiger partial charge in [-0.15, -0.1) is 11.3 Å². The van der Waals surface area contributed by atoms with E-state index in [9.17, 15) is 0 Å². The number of nitrogens with one attached hydrogen (secondary N) is 1. The first-order chi connectivity index (χ1) is 9.28. The van der Waals surface area contributed by atoms with E-state index in [0.29, 0.717) is 5.95 Å². The molecule has 0 bridgehead atoms. The Morgan fingerprint density at radius 3 is 2.95 bits per heavy atom. The quantitative estimate of drug-likeness (QED) is 0.794. The molecule has 1 N–H and O–H groups in total. The summed E-state index contributed by atoms with van der Waals surface area (Å²) in [5.41, 5.74) is 0.977. The first-order valence-electron chi connectivity index (χ1n) is 6.29. The van der Waals surface area contributed by atoms with Crippen molar-refractivity contribution in [3.05, 3.63) is 29.4 Å². The molecule has 98 valence electrons. The van der Waals surface area contributed by atoms with Gasteiger partial charge in [0.2, 0.25) is 5.95 Å². The SMILES string of the molecule is CCCNc1nc(-n2ccc(C)n2)c2ccsc2n1. The number of anilines is 1. The minimum Gasteiger partial charge on any atom is -0.354 e. The maximum absolute atomic E-state index is 4.58. The Balaban J connectivity index is 2.12. The zero-order valence-corrected chi connectivity index (χ0v) is 11.7. The van der Waals surface area contributed by atoms with Crippen LogP contribution in [-0.2, 0) is 0 Å². The van der Waals surface area contributed by atoms with Crippen LogP contribution in [-0.4, -0.2) is 26.3 Å². The van der Waals surface area contributed by atoms with Crippen molar-refractivity contribution in [2.75, 3.05) is 11.9 Å². The Morgan fingerprint density at radius 1 is 1.32 bits per heavy atom. The lowest BCUT2D eigenvalue weighted by Crippen LogP contribution is -2.07. The predicted molar refractivity (Wildman–Crippen MR) is 78.1 cm³/mol. The highest BCUT2D eigenvalue weighted by Crippen LogP contribution is 2.25. The molecule has 0 saturated heterocycles. The van der Waals surface area contributed by atoms with Gasteiger partial charge in [-0.05, 0) is 30.9 Å². The van der Waals surface area contributed by atoms with Crippen LogP contribution in [0.1, 0.15) is 19.0 Å². The topological polar surface area (TPSA) is 55.6 Å². The van der Waals surface area contributed by atoms with Crippen LogP contribution in [0.5, 0.6) is 0 Å². The van der Waals surface area contributed by atoms with Crippen LogP contribution in [0.2, 0.25) is 0 Å². The van der Waals surface area contributed by atoms with Crippen LogP contribution in [0.4, 0.5) is 5.95 Å². The monoisotopic (exact) mass is 273 g/mol. The van der Waals surface area contributed by atoms with Gasteiger partial charge in [-0.1, -0.05) is 6.92 Å². The minimum atomic E-state index is 0.667. The number of rotatable bonds is 4. The van der Waals surface area contributed by atoms with E-state index in [-0.39, 0.29) is 0 Å². The molecule has 3 aromatic rings.